The Morgan fingerprint density at radius 3 is 2.86 bits per heavy atom. The normalized spacial score (nSPS) is 27.1. The van der Waals surface area contributed by atoms with Crippen molar-refractivity contribution in [2.24, 2.45) is 11.3 Å². The van der Waals surface area contributed by atoms with Gasteiger partial charge < -0.3 is 4.74 Å². The lowest BCUT2D eigenvalue weighted by atomic mass is 9.84. The number of methoxy groups -OCH3 is 1. The largest absolute Gasteiger partial charge is 0.469 e. The molecule has 0 N–H and O–H groups in total. The van der Waals surface area contributed by atoms with Gasteiger partial charge in [-0.3, -0.25) is 14.9 Å². The fraction of sp³-hybridized carbons (Fsp3) is 0.467. The Kier molecular flexibility index (Phi) is 3.23. The summed E-state index contributed by atoms with van der Waals surface area (Å²) in [6, 6.07) is 3.16. The average Bonchev–Trinajstić information content (AvgIpc) is 3.21. The molecule has 0 amide bonds. The van der Waals surface area contributed by atoms with Crippen LogP contribution in [0.5, 0.6) is 0 Å². The van der Waals surface area contributed by atoms with Crippen LogP contribution in [0.25, 0.3) is 5.57 Å². The zero-order valence-electron chi connectivity index (χ0n) is 11.7. The number of hydrogen-bond donors (Lipinski definition) is 0. The molecule has 2 aliphatic carbocycles. The Labute approximate surface area is 122 Å². The number of ether oxygens (including phenoxy) is 1. The quantitative estimate of drug-likeness (QED) is 0.485. The molecular weight excluding hydrogens is 272 g/mol. The summed E-state index contributed by atoms with van der Waals surface area (Å²) in [6.45, 7) is 0. The summed E-state index contributed by atoms with van der Waals surface area (Å²) in [7, 11) is 1.43. The Morgan fingerprint density at radius 2 is 2.33 bits per heavy atom. The summed E-state index contributed by atoms with van der Waals surface area (Å²) in [6.07, 6.45) is 6.93. The summed E-state index contributed by atoms with van der Waals surface area (Å²) >= 11 is 0. The van der Waals surface area contributed by atoms with Crippen LogP contribution in [0, 0.1) is 21.4 Å². The monoisotopic (exact) mass is 288 g/mol. The first-order valence-electron chi connectivity index (χ1n) is 6.93. The smallest absolute Gasteiger partial charge is 0.309 e. The fourth-order valence-electron chi connectivity index (χ4n) is 3.16. The van der Waals surface area contributed by atoms with Crippen molar-refractivity contribution in [3.05, 3.63) is 40.2 Å². The minimum absolute atomic E-state index is 0.000391. The molecule has 0 aliphatic heterocycles. The second-order valence-corrected chi connectivity index (χ2v) is 5.73. The highest BCUT2D eigenvalue weighted by molar-refractivity contribution is 5.77. The van der Waals surface area contributed by atoms with Crippen LogP contribution in [0.15, 0.2) is 24.4 Å². The lowest BCUT2D eigenvalue weighted by Gasteiger charge is -2.22. The summed E-state index contributed by atoms with van der Waals surface area (Å²) in [5.74, 6) is -0.0783. The van der Waals surface area contributed by atoms with Crippen LogP contribution in [0.1, 0.15) is 31.4 Å². The van der Waals surface area contributed by atoms with E-state index in [1.165, 1.54) is 19.4 Å². The van der Waals surface area contributed by atoms with Crippen molar-refractivity contribution >= 4 is 17.2 Å². The van der Waals surface area contributed by atoms with E-state index in [1.807, 2.05) is 0 Å². The van der Waals surface area contributed by atoms with Gasteiger partial charge in [-0.05, 0) is 42.7 Å². The molecule has 2 unspecified atom stereocenters. The number of pyridine rings is 1. The van der Waals surface area contributed by atoms with E-state index in [0.717, 1.165) is 37.0 Å². The van der Waals surface area contributed by atoms with Gasteiger partial charge in [-0.25, -0.2) is 4.98 Å². The predicted octanol–water partition coefficient (Wildman–Crippen LogP) is 2.74. The molecule has 0 aromatic carbocycles. The van der Waals surface area contributed by atoms with E-state index in [1.54, 1.807) is 6.07 Å². The number of aromatic nitrogens is 1. The predicted molar refractivity (Wildman–Crippen MR) is 75.3 cm³/mol. The highest BCUT2D eigenvalue weighted by atomic mass is 16.6. The topological polar surface area (TPSA) is 82.3 Å². The molecule has 1 aromatic heterocycles. The molecule has 0 bridgehead atoms. The van der Waals surface area contributed by atoms with E-state index in [9.17, 15) is 14.9 Å². The van der Waals surface area contributed by atoms with Crippen molar-refractivity contribution in [2.45, 2.75) is 25.7 Å². The third-order valence-electron chi connectivity index (χ3n) is 4.61. The molecule has 0 saturated heterocycles. The molecule has 1 heterocycles. The second-order valence-electron chi connectivity index (χ2n) is 5.73. The summed E-state index contributed by atoms with van der Waals surface area (Å²) in [5, 5.41) is 10.6. The van der Waals surface area contributed by atoms with Crippen molar-refractivity contribution in [1.29, 1.82) is 0 Å². The molecule has 3 rings (SSSR count). The van der Waals surface area contributed by atoms with Crippen LogP contribution in [0.2, 0.25) is 0 Å². The number of hydrogen-bond acceptors (Lipinski definition) is 5. The summed E-state index contributed by atoms with van der Waals surface area (Å²) in [5.41, 5.74) is 1.97. The molecule has 1 aromatic rings. The van der Waals surface area contributed by atoms with Gasteiger partial charge in [0.15, 0.2) is 0 Å². The maximum Gasteiger partial charge on any atom is 0.309 e. The first kappa shape index (κ1) is 13.7. The number of rotatable bonds is 3. The lowest BCUT2D eigenvalue weighted by molar-refractivity contribution is -0.385. The zero-order chi connectivity index (χ0) is 15.0. The number of nitro groups is 1. The summed E-state index contributed by atoms with van der Waals surface area (Å²) < 4.78 is 4.81. The second kappa shape index (κ2) is 4.95. The lowest BCUT2D eigenvalue weighted by Crippen LogP contribution is -2.15. The first-order valence-corrected chi connectivity index (χ1v) is 6.93. The Hall–Kier alpha value is -2.24. The van der Waals surface area contributed by atoms with E-state index >= 15 is 0 Å². The molecule has 6 heteroatoms. The highest BCUT2D eigenvalue weighted by Gasteiger charge is 2.58. The minimum atomic E-state index is -0.452. The standard InChI is InChI=1S/C15H16N2O4/c1-21-14(18)12-8-15(12)6-4-10(5-7-15)13-3-2-11(9-16-13)17(19)20/h2-4,9,12H,5-8H2,1H3. The van der Waals surface area contributed by atoms with E-state index in [-0.39, 0.29) is 23.0 Å². The van der Waals surface area contributed by atoms with Crippen LogP contribution >= 0.6 is 0 Å². The van der Waals surface area contributed by atoms with Crippen molar-refractivity contribution in [1.82, 2.24) is 4.98 Å². The zero-order valence-corrected chi connectivity index (χ0v) is 11.7. The van der Waals surface area contributed by atoms with Gasteiger partial charge >= 0.3 is 5.97 Å². The SMILES string of the molecule is COC(=O)C1CC12CC=C(c1ccc([N+](=O)[O-])cn1)CC2. The van der Waals surface area contributed by atoms with Crippen LogP contribution in [-0.4, -0.2) is 23.0 Å². The van der Waals surface area contributed by atoms with Gasteiger partial charge in [-0.1, -0.05) is 6.08 Å². The van der Waals surface area contributed by atoms with E-state index in [2.05, 4.69) is 11.1 Å². The third-order valence-corrected chi connectivity index (χ3v) is 4.61. The van der Waals surface area contributed by atoms with Gasteiger partial charge in [-0.2, -0.15) is 0 Å². The summed E-state index contributed by atoms with van der Waals surface area (Å²) in [4.78, 5) is 25.9. The van der Waals surface area contributed by atoms with Gasteiger partial charge in [0.1, 0.15) is 6.20 Å². The molecule has 21 heavy (non-hydrogen) atoms. The van der Waals surface area contributed by atoms with Crippen molar-refractivity contribution in [3.63, 3.8) is 0 Å². The molecule has 1 fully saturated rings. The van der Waals surface area contributed by atoms with E-state index in [4.69, 9.17) is 4.74 Å². The van der Waals surface area contributed by atoms with Gasteiger partial charge in [0.25, 0.3) is 5.69 Å². The number of nitrogens with zero attached hydrogens (tertiary/aromatic N) is 2. The molecular formula is C15H16N2O4. The Bertz CT molecular complexity index is 623. The third kappa shape index (κ3) is 2.41. The number of allylic oxidation sites excluding steroid dienone is 2. The van der Waals surface area contributed by atoms with Gasteiger partial charge in [0, 0.05) is 6.07 Å². The molecule has 110 valence electrons. The van der Waals surface area contributed by atoms with Gasteiger partial charge in [0.2, 0.25) is 0 Å². The van der Waals surface area contributed by atoms with Crippen molar-refractivity contribution in [3.8, 4) is 0 Å². The molecule has 2 aliphatic rings. The van der Waals surface area contributed by atoms with E-state index < -0.39 is 4.92 Å². The average molecular weight is 288 g/mol. The first-order chi connectivity index (χ1) is 10.1. The number of carbonyl (C=O) groups excluding carboxylic acids is 1. The maximum absolute atomic E-state index is 11.6. The van der Waals surface area contributed by atoms with Gasteiger partial charge in [-0.15, -0.1) is 0 Å². The Balaban J connectivity index is 1.71. The van der Waals surface area contributed by atoms with Crippen LogP contribution in [0.3, 0.4) is 0 Å². The van der Waals surface area contributed by atoms with Gasteiger partial charge in [0.05, 0.1) is 23.6 Å². The minimum Gasteiger partial charge on any atom is -0.469 e. The molecule has 1 spiro atoms. The van der Waals surface area contributed by atoms with Crippen LogP contribution in [-0.2, 0) is 9.53 Å². The van der Waals surface area contributed by atoms with Crippen molar-refractivity contribution in [2.75, 3.05) is 7.11 Å². The number of carbonyl (C=O) groups is 1. The van der Waals surface area contributed by atoms with Crippen molar-refractivity contribution < 1.29 is 14.5 Å². The molecule has 2 atom stereocenters. The maximum atomic E-state index is 11.6. The highest BCUT2D eigenvalue weighted by Crippen LogP contribution is 2.61. The Morgan fingerprint density at radius 1 is 1.52 bits per heavy atom. The van der Waals surface area contributed by atoms with E-state index in [0.29, 0.717) is 0 Å². The number of esters is 1. The van der Waals surface area contributed by atoms with Crippen LogP contribution in [0.4, 0.5) is 5.69 Å². The molecule has 0 radical (unpaired) electrons. The molecule has 6 nitrogen and oxygen atoms in total. The van der Waals surface area contributed by atoms with Crippen LogP contribution < -0.4 is 0 Å². The molecule has 1 saturated carbocycles. The fourth-order valence-corrected chi connectivity index (χ4v) is 3.16.